The number of nitro groups is 1. The van der Waals surface area contributed by atoms with Crippen LogP contribution in [0.2, 0.25) is 0 Å². The van der Waals surface area contributed by atoms with Crippen LogP contribution in [0.25, 0.3) is 11.5 Å². The minimum absolute atomic E-state index is 0.0205. The highest BCUT2D eigenvalue weighted by atomic mass is 16.6. The lowest BCUT2D eigenvalue weighted by Crippen LogP contribution is -2.49. The van der Waals surface area contributed by atoms with E-state index in [4.69, 9.17) is 4.42 Å². The monoisotopic (exact) mass is 386 g/mol. The number of hydrogen-bond donors (Lipinski definition) is 1. The average molecular weight is 386 g/mol. The number of piperazine rings is 1. The quantitative estimate of drug-likeness (QED) is 0.554. The molecule has 1 aromatic carbocycles. The zero-order valence-electron chi connectivity index (χ0n) is 15.4. The number of nitro benzene ring substituents is 1. The smallest absolute Gasteiger partial charge is 0.269 e. The first-order chi connectivity index (χ1) is 13.6. The van der Waals surface area contributed by atoms with Crippen molar-refractivity contribution < 1.29 is 14.1 Å². The number of benzene rings is 1. The predicted octanol–water partition coefficient (Wildman–Crippen LogP) is 1.04. The summed E-state index contributed by atoms with van der Waals surface area (Å²) in [5.41, 5.74) is 0.669. The Bertz CT molecular complexity index is 840. The Balaban J connectivity index is 1.26. The summed E-state index contributed by atoms with van der Waals surface area (Å²) < 4.78 is 5.70. The Morgan fingerprint density at radius 1 is 1.14 bits per heavy atom. The van der Waals surface area contributed by atoms with Gasteiger partial charge in [-0.2, -0.15) is 0 Å². The molecule has 148 valence electrons. The van der Waals surface area contributed by atoms with Crippen LogP contribution in [0.3, 0.4) is 0 Å². The van der Waals surface area contributed by atoms with Crippen LogP contribution in [0.5, 0.6) is 0 Å². The van der Waals surface area contributed by atoms with Crippen LogP contribution < -0.4 is 5.32 Å². The van der Waals surface area contributed by atoms with Crippen LogP contribution >= 0.6 is 0 Å². The fraction of sp³-hybridized carbons (Fsp3) is 0.500. The molecule has 1 amide bonds. The molecule has 1 saturated carbocycles. The zero-order valence-corrected chi connectivity index (χ0v) is 15.4. The van der Waals surface area contributed by atoms with Gasteiger partial charge in [-0.1, -0.05) is 0 Å². The van der Waals surface area contributed by atoms with E-state index in [1.54, 1.807) is 12.1 Å². The van der Waals surface area contributed by atoms with Gasteiger partial charge in [0.15, 0.2) is 0 Å². The van der Waals surface area contributed by atoms with Gasteiger partial charge in [-0.05, 0) is 25.0 Å². The molecule has 0 radical (unpaired) electrons. The van der Waals surface area contributed by atoms with E-state index in [0.717, 1.165) is 39.0 Å². The Hall–Kier alpha value is -2.85. The van der Waals surface area contributed by atoms with Gasteiger partial charge >= 0.3 is 0 Å². The molecule has 0 atom stereocenters. The second kappa shape index (κ2) is 8.03. The summed E-state index contributed by atoms with van der Waals surface area (Å²) in [5, 5.41) is 21.9. The van der Waals surface area contributed by atoms with Gasteiger partial charge in [-0.25, -0.2) is 0 Å². The minimum Gasteiger partial charge on any atom is -0.419 e. The van der Waals surface area contributed by atoms with Crippen LogP contribution in [0.15, 0.2) is 28.7 Å². The van der Waals surface area contributed by atoms with Crippen LogP contribution in [0.4, 0.5) is 5.69 Å². The van der Waals surface area contributed by atoms with Gasteiger partial charge in [0, 0.05) is 49.9 Å². The third-order valence-corrected chi connectivity index (χ3v) is 4.93. The normalized spacial score (nSPS) is 18.1. The summed E-state index contributed by atoms with van der Waals surface area (Å²) >= 11 is 0. The molecule has 1 aliphatic heterocycles. The topological polar surface area (TPSA) is 118 Å². The molecule has 0 bridgehead atoms. The van der Waals surface area contributed by atoms with E-state index in [2.05, 4.69) is 25.3 Å². The highest BCUT2D eigenvalue weighted by molar-refractivity contribution is 5.78. The fourth-order valence-electron chi connectivity index (χ4n) is 3.16. The molecule has 1 aromatic heterocycles. The van der Waals surface area contributed by atoms with Gasteiger partial charge in [-0.15, -0.1) is 10.2 Å². The van der Waals surface area contributed by atoms with Crippen LogP contribution in [-0.2, 0) is 11.3 Å². The van der Waals surface area contributed by atoms with Crippen molar-refractivity contribution in [1.29, 1.82) is 0 Å². The van der Waals surface area contributed by atoms with Gasteiger partial charge in [0.1, 0.15) is 0 Å². The van der Waals surface area contributed by atoms with E-state index >= 15 is 0 Å². The predicted molar refractivity (Wildman–Crippen MR) is 99.3 cm³/mol. The lowest BCUT2D eigenvalue weighted by Gasteiger charge is -2.33. The lowest BCUT2D eigenvalue weighted by atomic mass is 10.2. The molecule has 28 heavy (non-hydrogen) atoms. The maximum Gasteiger partial charge on any atom is 0.269 e. The van der Waals surface area contributed by atoms with Crippen LogP contribution in [0.1, 0.15) is 18.7 Å². The Morgan fingerprint density at radius 3 is 2.46 bits per heavy atom. The first-order valence-electron chi connectivity index (χ1n) is 9.38. The SMILES string of the molecule is O=C(CN1CCN(Cc2nnc(-c3ccc([N+](=O)[O-])cc3)o2)CC1)NC1CC1. The number of rotatable bonds is 7. The van der Waals surface area contributed by atoms with Gasteiger partial charge in [0.25, 0.3) is 5.69 Å². The molecule has 1 saturated heterocycles. The highest BCUT2D eigenvalue weighted by Gasteiger charge is 2.25. The summed E-state index contributed by atoms with van der Waals surface area (Å²) in [5.74, 6) is 0.967. The van der Waals surface area contributed by atoms with Gasteiger partial charge in [0.2, 0.25) is 17.7 Å². The van der Waals surface area contributed by atoms with Crippen molar-refractivity contribution in [2.75, 3.05) is 32.7 Å². The summed E-state index contributed by atoms with van der Waals surface area (Å²) in [6.07, 6.45) is 2.21. The first kappa shape index (κ1) is 18.5. The Kier molecular flexibility index (Phi) is 5.31. The molecule has 2 fully saturated rings. The van der Waals surface area contributed by atoms with E-state index < -0.39 is 4.92 Å². The van der Waals surface area contributed by atoms with Crippen molar-refractivity contribution in [3.8, 4) is 11.5 Å². The van der Waals surface area contributed by atoms with E-state index in [-0.39, 0.29) is 11.6 Å². The molecule has 10 nitrogen and oxygen atoms in total. The largest absolute Gasteiger partial charge is 0.419 e. The van der Waals surface area contributed by atoms with Crippen LogP contribution in [0, 0.1) is 10.1 Å². The van der Waals surface area contributed by atoms with Gasteiger partial charge in [-0.3, -0.25) is 24.7 Å². The average Bonchev–Trinajstić information content (AvgIpc) is 3.38. The van der Waals surface area contributed by atoms with Gasteiger partial charge < -0.3 is 9.73 Å². The van der Waals surface area contributed by atoms with Crippen molar-refractivity contribution in [3.05, 3.63) is 40.3 Å². The second-order valence-corrected chi connectivity index (χ2v) is 7.20. The summed E-state index contributed by atoms with van der Waals surface area (Å²) in [7, 11) is 0. The van der Waals surface area contributed by atoms with E-state index in [9.17, 15) is 14.9 Å². The molecule has 2 heterocycles. The number of non-ortho nitro benzene ring substituents is 1. The molecular formula is C18H22N6O4. The number of nitrogens with one attached hydrogen (secondary N) is 1. The maximum absolute atomic E-state index is 11.9. The Labute approximate surface area is 161 Å². The number of carbonyl (C=O) groups excluding carboxylic acids is 1. The molecule has 1 aliphatic carbocycles. The molecule has 4 rings (SSSR count). The van der Waals surface area contributed by atoms with Crippen molar-refractivity contribution in [2.45, 2.75) is 25.4 Å². The van der Waals surface area contributed by atoms with E-state index in [0.29, 0.717) is 36.5 Å². The minimum atomic E-state index is -0.446. The van der Waals surface area contributed by atoms with Crippen molar-refractivity contribution in [2.24, 2.45) is 0 Å². The van der Waals surface area contributed by atoms with E-state index in [1.165, 1.54) is 12.1 Å². The van der Waals surface area contributed by atoms with Crippen molar-refractivity contribution in [1.82, 2.24) is 25.3 Å². The summed E-state index contributed by atoms with van der Waals surface area (Å²) in [6.45, 7) is 4.29. The molecule has 10 heteroatoms. The van der Waals surface area contributed by atoms with Crippen molar-refractivity contribution >= 4 is 11.6 Å². The molecular weight excluding hydrogens is 364 g/mol. The maximum atomic E-state index is 11.9. The number of carbonyl (C=O) groups is 1. The number of aromatic nitrogens is 2. The fourth-order valence-corrected chi connectivity index (χ4v) is 3.16. The molecule has 0 spiro atoms. The van der Waals surface area contributed by atoms with Gasteiger partial charge in [0.05, 0.1) is 18.0 Å². The third kappa shape index (κ3) is 4.70. The molecule has 0 unspecified atom stereocenters. The molecule has 2 aliphatic rings. The number of amides is 1. The first-order valence-corrected chi connectivity index (χ1v) is 9.38. The van der Waals surface area contributed by atoms with Crippen molar-refractivity contribution in [3.63, 3.8) is 0 Å². The highest BCUT2D eigenvalue weighted by Crippen LogP contribution is 2.22. The molecule has 1 N–H and O–H groups in total. The summed E-state index contributed by atoms with van der Waals surface area (Å²) in [6, 6.07) is 6.42. The third-order valence-electron chi connectivity index (χ3n) is 4.93. The Morgan fingerprint density at radius 2 is 1.82 bits per heavy atom. The second-order valence-electron chi connectivity index (χ2n) is 7.20. The molecule has 2 aromatic rings. The number of nitrogens with zero attached hydrogens (tertiary/aromatic N) is 5. The standard InChI is InChI=1S/C18H22N6O4/c25-16(19-14-3-4-14)11-22-7-9-23(10-8-22)12-17-20-21-18(28-17)13-1-5-15(6-2-13)24(26)27/h1-2,5-6,14H,3-4,7-12H2,(H,19,25). The summed E-state index contributed by atoms with van der Waals surface area (Å²) in [4.78, 5) is 26.5. The van der Waals surface area contributed by atoms with Crippen LogP contribution in [-0.4, -0.2) is 69.6 Å². The number of hydrogen-bond acceptors (Lipinski definition) is 8. The lowest BCUT2D eigenvalue weighted by molar-refractivity contribution is -0.384. The van der Waals surface area contributed by atoms with E-state index in [1.807, 2.05) is 0 Å². The zero-order chi connectivity index (χ0) is 19.5.